The number of aryl methyl sites for hydroxylation is 1. The number of hydrogen-bond donors (Lipinski definition) is 2. The first-order chi connectivity index (χ1) is 9.99. The fourth-order valence-corrected chi connectivity index (χ4v) is 2.02. The lowest BCUT2D eigenvalue weighted by atomic mass is 10.2. The normalized spacial score (nSPS) is 11.2. The first-order valence-corrected chi connectivity index (χ1v) is 8.05. The van der Waals surface area contributed by atoms with Crippen LogP contribution in [-0.4, -0.2) is 47.6 Å². The second-order valence-corrected chi connectivity index (χ2v) is 5.74. The molecule has 120 valence electrons. The number of anilines is 2. The Labute approximate surface area is 129 Å². The van der Waals surface area contributed by atoms with Crippen molar-refractivity contribution in [1.29, 1.82) is 0 Å². The topological polar surface area (TPSA) is 53.1 Å². The molecule has 2 N–H and O–H groups in total. The molecule has 0 atom stereocenters. The number of likely N-dealkylation sites (N-methyl/N-ethyl adjacent to an activating group) is 1. The van der Waals surface area contributed by atoms with E-state index in [2.05, 4.69) is 67.2 Å². The standard InChI is InChI=1S/C16H31N5/c1-7-9-14-19-15(17-8-2)13(5)16(20-14)18-10-11-21(6)12(3)4/h12H,7-11H2,1-6H3,(H2,17,18,19,20). The van der Waals surface area contributed by atoms with Crippen molar-refractivity contribution in [1.82, 2.24) is 14.9 Å². The Morgan fingerprint density at radius 1 is 1.10 bits per heavy atom. The number of hydrogen-bond acceptors (Lipinski definition) is 5. The van der Waals surface area contributed by atoms with Crippen LogP contribution in [0.2, 0.25) is 0 Å². The average Bonchev–Trinajstić information content (AvgIpc) is 2.43. The van der Waals surface area contributed by atoms with Crippen molar-refractivity contribution in [3.63, 3.8) is 0 Å². The molecule has 0 aliphatic rings. The molecule has 5 nitrogen and oxygen atoms in total. The summed E-state index contributed by atoms with van der Waals surface area (Å²) in [5.41, 5.74) is 1.10. The van der Waals surface area contributed by atoms with Crippen LogP contribution in [0.3, 0.4) is 0 Å². The second-order valence-electron chi connectivity index (χ2n) is 5.74. The van der Waals surface area contributed by atoms with E-state index in [9.17, 15) is 0 Å². The largest absolute Gasteiger partial charge is 0.370 e. The summed E-state index contributed by atoms with van der Waals surface area (Å²) < 4.78 is 0. The predicted molar refractivity (Wildman–Crippen MR) is 91.2 cm³/mol. The summed E-state index contributed by atoms with van der Waals surface area (Å²) in [7, 11) is 2.14. The van der Waals surface area contributed by atoms with Gasteiger partial charge in [0, 0.05) is 37.7 Å². The average molecular weight is 293 g/mol. The van der Waals surface area contributed by atoms with Gasteiger partial charge in [0.25, 0.3) is 0 Å². The van der Waals surface area contributed by atoms with Gasteiger partial charge < -0.3 is 15.5 Å². The zero-order valence-electron chi connectivity index (χ0n) is 14.5. The smallest absolute Gasteiger partial charge is 0.134 e. The molecular formula is C16H31N5. The maximum absolute atomic E-state index is 4.67. The minimum atomic E-state index is 0.561. The van der Waals surface area contributed by atoms with Gasteiger partial charge in [-0.2, -0.15) is 0 Å². The predicted octanol–water partition coefficient (Wildman–Crippen LogP) is 2.92. The zero-order valence-corrected chi connectivity index (χ0v) is 14.5. The monoisotopic (exact) mass is 293 g/mol. The maximum Gasteiger partial charge on any atom is 0.134 e. The number of aromatic nitrogens is 2. The minimum absolute atomic E-state index is 0.561. The van der Waals surface area contributed by atoms with Gasteiger partial charge in [-0.05, 0) is 41.2 Å². The van der Waals surface area contributed by atoms with Crippen LogP contribution in [0.4, 0.5) is 11.6 Å². The summed E-state index contributed by atoms with van der Waals surface area (Å²) in [5.74, 6) is 2.83. The summed E-state index contributed by atoms with van der Waals surface area (Å²) in [4.78, 5) is 11.6. The highest BCUT2D eigenvalue weighted by Crippen LogP contribution is 2.20. The molecule has 1 heterocycles. The van der Waals surface area contributed by atoms with Gasteiger partial charge in [0.1, 0.15) is 17.5 Å². The Hall–Kier alpha value is -1.36. The third kappa shape index (κ3) is 5.50. The van der Waals surface area contributed by atoms with E-state index in [1.165, 1.54) is 0 Å². The van der Waals surface area contributed by atoms with E-state index in [1.807, 2.05) is 0 Å². The van der Waals surface area contributed by atoms with E-state index in [0.717, 1.165) is 55.5 Å². The van der Waals surface area contributed by atoms with Gasteiger partial charge in [-0.25, -0.2) is 9.97 Å². The molecule has 0 aliphatic heterocycles. The quantitative estimate of drug-likeness (QED) is 0.733. The molecule has 5 heteroatoms. The van der Waals surface area contributed by atoms with Gasteiger partial charge in [-0.1, -0.05) is 6.92 Å². The van der Waals surface area contributed by atoms with E-state index >= 15 is 0 Å². The Kier molecular flexibility index (Phi) is 7.43. The van der Waals surface area contributed by atoms with Crippen molar-refractivity contribution in [3.05, 3.63) is 11.4 Å². The number of rotatable bonds is 9. The maximum atomic E-state index is 4.67. The molecule has 0 aromatic carbocycles. The number of nitrogens with one attached hydrogen (secondary N) is 2. The van der Waals surface area contributed by atoms with Crippen LogP contribution in [0.25, 0.3) is 0 Å². The van der Waals surface area contributed by atoms with Crippen LogP contribution < -0.4 is 10.6 Å². The van der Waals surface area contributed by atoms with Crippen molar-refractivity contribution in [2.75, 3.05) is 37.3 Å². The van der Waals surface area contributed by atoms with Gasteiger partial charge >= 0.3 is 0 Å². The fourth-order valence-electron chi connectivity index (χ4n) is 2.02. The highest BCUT2D eigenvalue weighted by molar-refractivity contribution is 5.57. The van der Waals surface area contributed by atoms with Crippen molar-refractivity contribution in [3.8, 4) is 0 Å². The molecule has 21 heavy (non-hydrogen) atoms. The lowest BCUT2D eigenvalue weighted by Gasteiger charge is -2.21. The number of nitrogens with zero attached hydrogens (tertiary/aromatic N) is 3. The van der Waals surface area contributed by atoms with Crippen LogP contribution in [0.1, 0.15) is 45.5 Å². The van der Waals surface area contributed by atoms with Gasteiger partial charge in [0.05, 0.1) is 0 Å². The first-order valence-electron chi connectivity index (χ1n) is 8.05. The van der Waals surface area contributed by atoms with Gasteiger partial charge in [0.2, 0.25) is 0 Å². The van der Waals surface area contributed by atoms with Crippen molar-refractivity contribution in [2.45, 2.75) is 53.5 Å². The summed E-state index contributed by atoms with van der Waals surface area (Å²) in [6, 6.07) is 0.561. The highest BCUT2D eigenvalue weighted by atomic mass is 15.1. The molecule has 0 radical (unpaired) electrons. The van der Waals surface area contributed by atoms with Gasteiger partial charge in [-0.3, -0.25) is 0 Å². The van der Waals surface area contributed by atoms with Crippen molar-refractivity contribution >= 4 is 11.6 Å². The molecule has 0 spiro atoms. The van der Waals surface area contributed by atoms with Crippen molar-refractivity contribution < 1.29 is 0 Å². The molecule has 0 amide bonds. The zero-order chi connectivity index (χ0) is 15.8. The highest BCUT2D eigenvalue weighted by Gasteiger charge is 2.10. The first kappa shape index (κ1) is 17.7. The molecule has 0 bridgehead atoms. The fraction of sp³-hybridized carbons (Fsp3) is 0.750. The third-order valence-corrected chi connectivity index (χ3v) is 3.65. The second kappa shape index (κ2) is 8.82. The summed E-state index contributed by atoms with van der Waals surface area (Å²) in [6.45, 7) is 13.5. The Bertz CT molecular complexity index is 431. The van der Waals surface area contributed by atoms with Crippen molar-refractivity contribution in [2.24, 2.45) is 0 Å². The van der Waals surface area contributed by atoms with E-state index in [-0.39, 0.29) is 0 Å². The Morgan fingerprint density at radius 2 is 1.71 bits per heavy atom. The van der Waals surface area contributed by atoms with E-state index in [4.69, 9.17) is 0 Å². The Morgan fingerprint density at radius 3 is 2.24 bits per heavy atom. The lowest BCUT2D eigenvalue weighted by molar-refractivity contribution is 0.284. The van der Waals surface area contributed by atoms with Crippen LogP contribution in [0, 0.1) is 6.92 Å². The summed E-state index contributed by atoms with van der Waals surface area (Å²) >= 11 is 0. The molecule has 0 fully saturated rings. The third-order valence-electron chi connectivity index (χ3n) is 3.65. The molecule has 1 aromatic rings. The SMILES string of the molecule is CCCc1nc(NCC)c(C)c(NCCN(C)C(C)C)n1. The molecule has 1 aromatic heterocycles. The van der Waals surface area contributed by atoms with E-state index in [1.54, 1.807) is 0 Å². The molecule has 0 saturated carbocycles. The Balaban J connectivity index is 2.79. The van der Waals surface area contributed by atoms with Crippen LogP contribution in [0.15, 0.2) is 0 Å². The molecule has 0 saturated heterocycles. The van der Waals surface area contributed by atoms with Crippen LogP contribution in [-0.2, 0) is 6.42 Å². The summed E-state index contributed by atoms with van der Waals surface area (Å²) in [6.07, 6.45) is 1.98. The molecular weight excluding hydrogens is 262 g/mol. The van der Waals surface area contributed by atoms with E-state index in [0.29, 0.717) is 6.04 Å². The molecule has 1 rings (SSSR count). The van der Waals surface area contributed by atoms with Crippen LogP contribution >= 0.6 is 0 Å². The lowest BCUT2D eigenvalue weighted by Crippen LogP contribution is -2.31. The van der Waals surface area contributed by atoms with Crippen LogP contribution in [0.5, 0.6) is 0 Å². The minimum Gasteiger partial charge on any atom is -0.370 e. The van der Waals surface area contributed by atoms with E-state index < -0.39 is 0 Å². The molecule has 0 unspecified atom stereocenters. The van der Waals surface area contributed by atoms with Gasteiger partial charge in [-0.15, -0.1) is 0 Å². The van der Waals surface area contributed by atoms with Gasteiger partial charge in [0.15, 0.2) is 0 Å². The summed E-state index contributed by atoms with van der Waals surface area (Å²) in [5, 5.41) is 6.79. The molecule has 0 aliphatic carbocycles.